The predicted molar refractivity (Wildman–Crippen MR) is 109 cm³/mol. The van der Waals surface area contributed by atoms with Gasteiger partial charge in [-0.1, -0.05) is 29.0 Å². The molecule has 0 saturated heterocycles. The summed E-state index contributed by atoms with van der Waals surface area (Å²) < 4.78 is 12.9. The zero-order valence-corrected chi connectivity index (χ0v) is 16.6. The molecule has 0 bridgehead atoms. The lowest BCUT2D eigenvalue weighted by Crippen LogP contribution is -2.19. The summed E-state index contributed by atoms with van der Waals surface area (Å²) in [6.07, 6.45) is 1.72. The molecule has 0 fully saturated rings. The number of rotatable bonds is 6. The lowest BCUT2D eigenvalue weighted by molar-refractivity contribution is -0.120. The van der Waals surface area contributed by atoms with Crippen molar-refractivity contribution >= 4 is 45.0 Å². The number of hydrogen-bond donors (Lipinski definition) is 0. The van der Waals surface area contributed by atoms with Gasteiger partial charge in [0.1, 0.15) is 5.75 Å². The van der Waals surface area contributed by atoms with E-state index in [0.29, 0.717) is 27.7 Å². The van der Waals surface area contributed by atoms with Crippen LogP contribution in [0.25, 0.3) is 10.2 Å². The molecule has 0 radical (unpaired) electrons. The molecule has 0 aliphatic heterocycles. The van der Waals surface area contributed by atoms with Crippen molar-refractivity contribution in [1.82, 2.24) is 4.57 Å². The molecule has 1 aromatic heterocycles. The van der Waals surface area contributed by atoms with E-state index in [9.17, 15) is 9.59 Å². The number of aromatic nitrogens is 1. The van der Waals surface area contributed by atoms with Gasteiger partial charge in [-0.3, -0.25) is 4.79 Å². The van der Waals surface area contributed by atoms with E-state index in [1.54, 1.807) is 48.5 Å². The monoisotopic (exact) mass is 416 g/mol. The molecule has 0 unspecified atom stereocenters. The van der Waals surface area contributed by atoms with E-state index >= 15 is 0 Å². The zero-order valence-electron chi connectivity index (χ0n) is 15.1. The fraction of sp³-hybridized carbons (Fsp3) is 0.150. The maximum absolute atomic E-state index is 12.3. The summed E-state index contributed by atoms with van der Waals surface area (Å²) in [5.74, 6) is -0.310. The molecule has 28 heavy (non-hydrogen) atoms. The largest absolute Gasteiger partial charge is 0.484 e. The van der Waals surface area contributed by atoms with Crippen molar-refractivity contribution < 1.29 is 19.1 Å². The Bertz CT molecular complexity index is 1100. The van der Waals surface area contributed by atoms with Crippen LogP contribution in [0.1, 0.15) is 10.4 Å². The number of carbonyl (C=O) groups excluding carboxylic acids is 2. The highest BCUT2D eigenvalue weighted by molar-refractivity contribution is 7.16. The highest BCUT2D eigenvalue weighted by Gasteiger charge is 2.11. The standard InChI is InChI=1S/C20H17ClN2O4S/c1-3-10-23-16-9-4-13(19(25)26-2)11-17(16)28-20(23)22-18(24)12-27-15-7-5-14(21)6-8-15/h3-9,11H,1,10,12H2,2H3. The topological polar surface area (TPSA) is 69.9 Å². The van der Waals surface area contributed by atoms with Gasteiger partial charge < -0.3 is 14.0 Å². The number of carbonyl (C=O) groups is 2. The van der Waals surface area contributed by atoms with Gasteiger partial charge in [0.15, 0.2) is 11.4 Å². The Hall–Kier alpha value is -2.90. The van der Waals surface area contributed by atoms with Crippen molar-refractivity contribution in [3.8, 4) is 5.75 Å². The van der Waals surface area contributed by atoms with Gasteiger partial charge in [0.2, 0.25) is 0 Å². The van der Waals surface area contributed by atoms with Gasteiger partial charge in [0.25, 0.3) is 5.91 Å². The Morgan fingerprint density at radius 2 is 2.00 bits per heavy atom. The number of methoxy groups -OCH3 is 1. The lowest BCUT2D eigenvalue weighted by atomic mass is 10.2. The molecule has 1 amide bonds. The van der Waals surface area contributed by atoms with Crippen LogP contribution in [0.5, 0.6) is 5.75 Å². The van der Waals surface area contributed by atoms with Crippen molar-refractivity contribution in [2.45, 2.75) is 6.54 Å². The van der Waals surface area contributed by atoms with Gasteiger partial charge in [0.05, 0.1) is 22.9 Å². The van der Waals surface area contributed by atoms with Crippen LogP contribution in [-0.2, 0) is 16.1 Å². The molecule has 3 rings (SSSR count). The molecule has 2 aromatic carbocycles. The maximum atomic E-state index is 12.3. The fourth-order valence-electron chi connectivity index (χ4n) is 2.52. The molecule has 0 aliphatic rings. The molecular weight excluding hydrogens is 400 g/mol. The van der Waals surface area contributed by atoms with Gasteiger partial charge in [-0.15, -0.1) is 6.58 Å². The molecule has 0 saturated carbocycles. The maximum Gasteiger partial charge on any atom is 0.337 e. The second-order valence-corrected chi connectivity index (χ2v) is 7.15. The summed E-state index contributed by atoms with van der Waals surface area (Å²) in [5.41, 5.74) is 1.29. The van der Waals surface area contributed by atoms with Crippen molar-refractivity contribution in [2.75, 3.05) is 13.7 Å². The second kappa shape index (κ2) is 8.86. The average Bonchev–Trinajstić information content (AvgIpc) is 3.03. The van der Waals surface area contributed by atoms with Crippen LogP contribution in [0, 0.1) is 0 Å². The first-order valence-electron chi connectivity index (χ1n) is 8.30. The van der Waals surface area contributed by atoms with Crippen molar-refractivity contribution in [3.05, 3.63) is 70.5 Å². The van der Waals surface area contributed by atoms with Crippen molar-refractivity contribution in [2.24, 2.45) is 4.99 Å². The van der Waals surface area contributed by atoms with Gasteiger partial charge in [-0.25, -0.2) is 4.79 Å². The van der Waals surface area contributed by atoms with E-state index in [0.717, 1.165) is 10.2 Å². The van der Waals surface area contributed by atoms with Gasteiger partial charge in [-0.05, 0) is 42.5 Å². The molecule has 3 aromatic rings. The second-order valence-electron chi connectivity index (χ2n) is 5.71. The summed E-state index contributed by atoms with van der Waals surface area (Å²) in [4.78, 5) is 28.7. The van der Waals surface area contributed by atoms with Crippen LogP contribution in [0.15, 0.2) is 60.1 Å². The van der Waals surface area contributed by atoms with E-state index in [2.05, 4.69) is 11.6 Å². The lowest BCUT2D eigenvalue weighted by Gasteiger charge is -2.04. The number of hydrogen-bond acceptors (Lipinski definition) is 5. The van der Waals surface area contributed by atoms with Gasteiger partial charge >= 0.3 is 5.97 Å². The van der Waals surface area contributed by atoms with Gasteiger partial charge in [0, 0.05) is 11.6 Å². The number of ether oxygens (including phenoxy) is 2. The van der Waals surface area contributed by atoms with Crippen LogP contribution in [-0.4, -0.2) is 30.2 Å². The quantitative estimate of drug-likeness (QED) is 0.452. The van der Waals surface area contributed by atoms with Crippen LogP contribution in [0.2, 0.25) is 5.02 Å². The summed E-state index contributed by atoms with van der Waals surface area (Å²) in [7, 11) is 1.33. The smallest absolute Gasteiger partial charge is 0.337 e. The third kappa shape index (κ3) is 4.49. The number of esters is 1. The first kappa shape index (κ1) is 19.9. The Morgan fingerprint density at radius 1 is 1.25 bits per heavy atom. The first-order valence-corrected chi connectivity index (χ1v) is 9.50. The van der Waals surface area contributed by atoms with Crippen LogP contribution >= 0.6 is 22.9 Å². The average molecular weight is 417 g/mol. The summed E-state index contributed by atoms with van der Waals surface area (Å²) >= 11 is 7.13. The normalized spacial score (nSPS) is 11.4. The number of amides is 1. The minimum Gasteiger partial charge on any atom is -0.484 e. The number of fused-ring (bicyclic) bond motifs is 1. The minimum atomic E-state index is -0.424. The Balaban J connectivity index is 1.89. The number of allylic oxidation sites excluding steroid dienone is 1. The number of benzene rings is 2. The number of nitrogens with zero attached hydrogens (tertiary/aromatic N) is 2. The Morgan fingerprint density at radius 3 is 2.68 bits per heavy atom. The molecular formula is C20H17ClN2O4S. The molecule has 0 atom stereocenters. The molecule has 0 aliphatic carbocycles. The van der Waals surface area contributed by atoms with E-state index in [4.69, 9.17) is 21.1 Å². The third-order valence-electron chi connectivity index (χ3n) is 3.81. The van der Waals surface area contributed by atoms with Crippen LogP contribution < -0.4 is 9.54 Å². The predicted octanol–water partition coefficient (Wildman–Crippen LogP) is 3.84. The summed E-state index contributed by atoms with van der Waals surface area (Å²) in [6.45, 7) is 4.03. The molecule has 0 N–H and O–H groups in total. The number of thiazole rings is 1. The van der Waals surface area contributed by atoms with E-state index in [1.807, 2.05) is 4.57 Å². The molecule has 1 heterocycles. The molecule has 0 spiro atoms. The van der Waals surface area contributed by atoms with E-state index in [-0.39, 0.29) is 6.61 Å². The number of halogens is 1. The fourth-order valence-corrected chi connectivity index (χ4v) is 3.75. The van der Waals surface area contributed by atoms with E-state index in [1.165, 1.54) is 18.4 Å². The molecule has 144 valence electrons. The SMILES string of the molecule is C=CCn1c(=NC(=O)COc2ccc(Cl)cc2)sc2cc(C(=O)OC)ccc21. The minimum absolute atomic E-state index is 0.197. The summed E-state index contributed by atoms with van der Waals surface area (Å²) in [6, 6.07) is 11.9. The van der Waals surface area contributed by atoms with Crippen molar-refractivity contribution in [3.63, 3.8) is 0 Å². The first-order chi connectivity index (χ1) is 13.5. The zero-order chi connectivity index (χ0) is 20.1. The Labute approximate surface area is 170 Å². The van der Waals surface area contributed by atoms with Crippen LogP contribution in [0.4, 0.5) is 0 Å². The molecule has 8 heteroatoms. The Kier molecular flexibility index (Phi) is 6.28. The van der Waals surface area contributed by atoms with Crippen molar-refractivity contribution in [1.29, 1.82) is 0 Å². The third-order valence-corrected chi connectivity index (χ3v) is 5.10. The summed E-state index contributed by atoms with van der Waals surface area (Å²) in [5, 5.41) is 0.588. The highest BCUT2D eigenvalue weighted by Crippen LogP contribution is 2.20. The van der Waals surface area contributed by atoms with Gasteiger partial charge in [-0.2, -0.15) is 4.99 Å². The molecule has 6 nitrogen and oxygen atoms in total. The van der Waals surface area contributed by atoms with Crippen LogP contribution in [0.3, 0.4) is 0 Å². The van der Waals surface area contributed by atoms with E-state index < -0.39 is 11.9 Å². The highest BCUT2D eigenvalue weighted by atomic mass is 35.5.